The highest BCUT2D eigenvalue weighted by Gasteiger charge is 2.37. The third-order valence-electron chi connectivity index (χ3n) is 9.92. The number of amides is 2. The minimum absolute atomic E-state index is 0.0954. The molecule has 0 saturated carbocycles. The number of nitrogens with zero attached hydrogens (tertiary/aromatic N) is 4. The van der Waals surface area contributed by atoms with E-state index in [1.165, 1.54) is 18.9 Å². The number of rotatable bonds is 7. The monoisotopic (exact) mass is 661 g/mol. The molecule has 2 aromatic carbocycles. The molecule has 4 heterocycles. The number of aromatic amines is 1. The maximum absolute atomic E-state index is 13.9. The molecule has 0 radical (unpaired) electrons. The molecule has 0 aliphatic carbocycles. The van der Waals surface area contributed by atoms with Gasteiger partial charge in [0.05, 0.1) is 27.5 Å². The Morgan fingerprint density at radius 1 is 0.935 bits per heavy atom. The quantitative estimate of drug-likeness (QED) is 0.362. The van der Waals surface area contributed by atoms with Crippen LogP contribution in [0.4, 0.5) is 13.2 Å². The van der Waals surface area contributed by atoms with Gasteiger partial charge < -0.3 is 24.8 Å². The minimum Gasteiger partial charge on any atom is -0.506 e. The van der Waals surface area contributed by atoms with Crippen molar-refractivity contribution in [2.24, 2.45) is 5.92 Å². The summed E-state index contributed by atoms with van der Waals surface area (Å²) in [7, 11) is 0. The Balaban J connectivity index is 1.17. The summed E-state index contributed by atoms with van der Waals surface area (Å²) >= 11 is 5.99. The predicted octanol–water partition coefficient (Wildman–Crippen LogP) is 5.21. The number of alkyl halides is 3. The summed E-state index contributed by atoms with van der Waals surface area (Å²) in [6, 6.07) is 9.82. The zero-order valence-electron chi connectivity index (χ0n) is 25.6. The molecular formula is C33H39ClF3N5O4. The van der Waals surface area contributed by atoms with Crippen LogP contribution >= 0.6 is 11.6 Å². The SMILES string of the molecule is O=C(C[C@H](Cc1cc(Cl)c(O)c(C(F)(F)F)c1)C(=O)N1CCC(N2CCCC2)CC1)N1CCC(n2c(=O)[nH]c3ccccc32)CC1. The fourth-order valence-corrected chi connectivity index (χ4v) is 7.73. The lowest BCUT2D eigenvalue weighted by atomic mass is 9.91. The zero-order valence-corrected chi connectivity index (χ0v) is 26.3. The van der Waals surface area contributed by atoms with E-state index in [1.54, 1.807) is 14.4 Å². The lowest BCUT2D eigenvalue weighted by Gasteiger charge is -2.38. The number of fused-ring (bicyclic) bond motifs is 1. The fraction of sp³-hybridized carbons (Fsp3) is 0.545. The van der Waals surface area contributed by atoms with Gasteiger partial charge in [-0.1, -0.05) is 23.7 Å². The number of aromatic hydroxyl groups is 1. The first-order chi connectivity index (χ1) is 22.0. The van der Waals surface area contributed by atoms with Gasteiger partial charge in [0, 0.05) is 44.7 Å². The Hall–Kier alpha value is -3.51. The molecule has 3 aliphatic heterocycles. The number of carbonyl (C=O) groups excluding carboxylic acids is 2. The number of phenolic OH excluding ortho intramolecular Hbond substituents is 1. The van der Waals surface area contributed by atoms with Crippen LogP contribution in [0.3, 0.4) is 0 Å². The number of aromatic nitrogens is 2. The van der Waals surface area contributed by atoms with Crippen LogP contribution in [0, 0.1) is 5.92 Å². The molecule has 46 heavy (non-hydrogen) atoms. The van der Waals surface area contributed by atoms with Gasteiger partial charge in [-0.2, -0.15) is 13.2 Å². The summed E-state index contributed by atoms with van der Waals surface area (Å²) in [6.45, 7) is 3.95. The zero-order chi connectivity index (χ0) is 32.6. The standard InChI is InChI=1S/C33H39ClF3N5O4/c34-26-19-21(18-25(30(26)44)33(35,36)37)17-22(31(45)41-15-7-23(8-16-41)39-11-3-4-12-39)20-29(43)40-13-9-24(10-14-40)42-28-6-2-1-5-27(28)38-32(42)46/h1-2,5-6,18-19,22-24,44H,3-4,7-17,20H2,(H,38,46)/t22-/m0/s1. The highest BCUT2D eigenvalue weighted by molar-refractivity contribution is 6.32. The number of benzene rings is 2. The minimum atomic E-state index is -4.84. The summed E-state index contributed by atoms with van der Waals surface area (Å²) in [4.78, 5) is 49.1. The van der Waals surface area contributed by atoms with E-state index in [4.69, 9.17) is 11.6 Å². The Morgan fingerprint density at radius 3 is 2.24 bits per heavy atom. The molecule has 1 aromatic heterocycles. The summed E-state index contributed by atoms with van der Waals surface area (Å²) in [5.41, 5.74) is 0.220. The molecule has 2 N–H and O–H groups in total. The molecule has 0 unspecified atom stereocenters. The van der Waals surface area contributed by atoms with Gasteiger partial charge in [-0.05, 0) is 87.9 Å². The molecule has 248 valence electrons. The second kappa shape index (κ2) is 13.3. The largest absolute Gasteiger partial charge is 0.506 e. The third kappa shape index (κ3) is 6.78. The lowest BCUT2D eigenvalue weighted by molar-refractivity contribution is -0.143. The van der Waals surface area contributed by atoms with Gasteiger partial charge in [0.1, 0.15) is 5.75 Å². The molecule has 3 aromatic rings. The summed E-state index contributed by atoms with van der Waals surface area (Å²) < 4.78 is 42.8. The number of hydrogen-bond acceptors (Lipinski definition) is 5. The number of para-hydroxylation sites is 2. The van der Waals surface area contributed by atoms with E-state index < -0.39 is 28.4 Å². The van der Waals surface area contributed by atoms with Crippen molar-refractivity contribution >= 4 is 34.4 Å². The summed E-state index contributed by atoms with van der Waals surface area (Å²) in [5.74, 6) is -2.47. The van der Waals surface area contributed by atoms with Crippen molar-refractivity contribution in [3.8, 4) is 5.75 Å². The van der Waals surface area contributed by atoms with Crippen molar-refractivity contribution in [2.75, 3.05) is 39.3 Å². The van der Waals surface area contributed by atoms with Crippen molar-refractivity contribution < 1.29 is 27.9 Å². The molecule has 1 atom stereocenters. The Morgan fingerprint density at radius 2 is 1.57 bits per heavy atom. The fourth-order valence-electron chi connectivity index (χ4n) is 7.49. The van der Waals surface area contributed by atoms with Gasteiger partial charge in [-0.3, -0.25) is 14.2 Å². The first-order valence-corrected chi connectivity index (χ1v) is 16.5. The van der Waals surface area contributed by atoms with E-state index >= 15 is 0 Å². The van der Waals surface area contributed by atoms with E-state index in [0.717, 1.165) is 43.0 Å². The van der Waals surface area contributed by atoms with Gasteiger partial charge in [0.15, 0.2) is 0 Å². The van der Waals surface area contributed by atoms with E-state index in [-0.39, 0.29) is 42.0 Å². The number of carbonyl (C=O) groups is 2. The van der Waals surface area contributed by atoms with Crippen LogP contribution in [-0.2, 0) is 22.2 Å². The van der Waals surface area contributed by atoms with Gasteiger partial charge >= 0.3 is 11.9 Å². The summed E-state index contributed by atoms with van der Waals surface area (Å²) in [6.07, 6.45) is -0.0383. The molecule has 3 aliphatic rings. The number of piperidine rings is 2. The van der Waals surface area contributed by atoms with Crippen molar-refractivity contribution in [3.05, 3.63) is 63.0 Å². The number of imidazole rings is 1. The van der Waals surface area contributed by atoms with E-state index in [0.29, 0.717) is 45.1 Å². The Kier molecular flexibility index (Phi) is 9.38. The van der Waals surface area contributed by atoms with E-state index in [1.807, 2.05) is 24.3 Å². The van der Waals surface area contributed by atoms with Crippen LogP contribution in [0.1, 0.15) is 62.1 Å². The molecule has 13 heteroatoms. The second-order valence-electron chi connectivity index (χ2n) is 12.8. The van der Waals surface area contributed by atoms with Crippen molar-refractivity contribution in [1.29, 1.82) is 0 Å². The smallest absolute Gasteiger partial charge is 0.420 e. The maximum Gasteiger partial charge on any atom is 0.420 e. The molecule has 3 fully saturated rings. The van der Waals surface area contributed by atoms with Gasteiger partial charge in [0.25, 0.3) is 0 Å². The van der Waals surface area contributed by atoms with Gasteiger partial charge in [-0.25, -0.2) is 4.79 Å². The number of phenols is 1. The van der Waals surface area contributed by atoms with E-state index in [9.17, 15) is 32.7 Å². The van der Waals surface area contributed by atoms with Crippen LogP contribution < -0.4 is 5.69 Å². The Bertz CT molecular complexity index is 1630. The molecule has 0 bridgehead atoms. The number of hydrogen-bond donors (Lipinski definition) is 2. The first-order valence-electron chi connectivity index (χ1n) is 16.1. The normalized spacial score (nSPS) is 19.7. The van der Waals surface area contributed by atoms with Crippen molar-refractivity contribution in [2.45, 2.75) is 69.6 Å². The topological polar surface area (TPSA) is 102 Å². The average molecular weight is 662 g/mol. The van der Waals surface area contributed by atoms with Crippen LogP contribution in [0.25, 0.3) is 11.0 Å². The van der Waals surface area contributed by atoms with Crippen molar-refractivity contribution in [3.63, 3.8) is 0 Å². The van der Waals surface area contributed by atoms with E-state index in [2.05, 4.69) is 9.88 Å². The molecular weight excluding hydrogens is 623 g/mol. The number of nitrogens with one attached hydrogen (secondary N) is 1. The van der Waals surface area contributed by atoms with Gasteiger partial charge in [0.2, 0.25) is 11.8 Å². The van der Waals surface area contributed by atoms with Crippen LogP contribution in [0.5, 0.6) is 5.75 Å². The molecule has 6 rings (SSSR count). The van der Waals surface area contributed by atoms with Gasteiger partial charge in [-0.15, -0.1) is 0 Å². The molecule has 0 spiro atoms. The second-order valence-corrected chi connectivity index (χ2v) is 13.2. The van der Waals surface area contributed by atoms with Crippen LogP contribution in [0.15, 0.2) is 41.2 Å². The lowest BCUT2D eigenvalue weighted by Crippen LogP contribution is -2.48. The first kappa shape index (κ1) is 32.4. The molecule has 3 saturated heterocycles. The number of H-pyrrole nitrogens is 1. The maximum atomic E-state index is 13.9. The highest BCUT2D eigenvalue weighted by Crippen LogP contribution is 2.41. The predicted molar refractivity (Wildman–Crippen MR) is 168 cm³/mol. The van der Waals surface area contributed by atoms with Crippen LogP contribution in [0.2, 0.25) is 5.02 Å². The highest BCUT2D eigenvalue weighted by atomic mass is 35.5. The average Bonchev–Trinajstić information content (AvgIpc) is 3.69. The number of halogens is 4. The third-order valence-corrected chi connectivity index (χ3v) is 10.2. The Labute approximate surface area is 269 Å². The van der Waals surface area contributed by atoms with Crippen LogP contribution in [-0.4, -0.2) is 86.5 Å². The molecule has 2 amide bonds. The van der Waals surface area contributed by atoms with Crippen molar-refractivity contribution in [1.82, 2.24) is 24.3 Å². The summed E-state index contributed by atoms with van der Waals surface area (Å²) in [5, 5.41) is 9.53. The number of likely N-dealkylation sites (tertiary alicyclic amines) is 3. The molecule has 9 nitrogen and oxygen atoms in total.